The van der Waals surface area contributed by atoms with Crippen molar-refractivity contribution in [2.75, 3.05) is 12.0 Å². The first-order chi connectivity index (χ1) is 13.9. The van der Waals surface area contributed by atoms with Gasteiger partial charge in [0.1, 0.15) is 0 Å². The maximum Gasteiger partial charge on any atom is 0.168 e. The van der Waals surface area contributed by atoms with Crippen LogP contribution in [0.15, 0.2) is 37.1 Å². The van der Waals surface area contributed by atoms with Gasteiger partial charge in [0.2, 0.25) is 0 Å². The molecule has 0 aliphatic carbocycles. The summed E-state index contributed by atoms with van der Waals surface area (Å²) >= 11 is 1.60. The summed E-state index contributed by atoms with van der Waals surface area (Å²) in [5.74, 6) is -1.80. The highest BCUT2D eigenvalue weighted by Crippen LogP contribution is 2.34. The first-order valence-corrected chi connectivity index (χ1v) is 11.8. The zero-order valence-electron chi connectivity index (χ0n) is 19.3. The standard InChI is InChI=1S/C25H38F2N2S/c1-9-11-18(4)29-21(30-8)15-19-14-20(26)23(27)22(24(19)28)16(2)12-10-13-17(3)25(5,6)7/h14,21,29H,2-4,9-13,15,28H2,1,5-8H3. The van der Waals surface area contributed by atoms with E-state index in [2.05, 4.69) is 52.7 Å². The molecule has 168 valence electrons. The van der Waals surface area contributed by atoms with Crippen molar-refractivity contribution in [3.05, 3.63) is 59.8 Å². The lowest BCUT2D eigenvalue weighted by Gasteiger charge is -2.23. The Kier molecular flexibility index (Phi) is 10.2. The Bertz CT molecular complexity index is 778. The highest BCUT2D eigenvalue weighted by atomic mass is 32.2. The predicted molar refractivity (Wildman–Crippen MR) is 130 cm³/mol. The van der Waals surface area contributed by atoms with Gasteiger partial charge < -0.3 is 11.1 Å². The van der Waals surface area contributed by atoms with Crippen molar-refractivity contribution in [1.82, 2.24) is 5.32 Å². The highest BCUT2D eigenvalue weighted by Gasteiger charge is 2.21. The van der Waals surface area contributed by atoms with E-state index in [9.17, 15) is 8.78 Å². The Labute approximate surface area is 186 Å². The minimum Gasteiger partial charge on any atom is -0.398 e. The molecular formula is C25H38F2N2S. The Morgan fingerprint density at radius 2 is 1.80 bits per heavy atom. The smallest absolute Gasteiger partial charge is 0.168 e. The van der Waals surface area contributed by atoms with Crippen LogP contribution in [0, 0.1) is 17.0 Å². The first-order valence-electron chi connectivity index (χ1n) is 10.5. The molecule has 0 spiro atoms. The number of anilines is 1. The number of allylic oxidation sites excluding steroid dienone is 3. The molecule has 0 heterocycles. The molecule has 3 N–H and O–H groups in total. The SMILES string of the molecule is C=C(CCC)NC(Cc1cc(F)c(F)c(C(=C)CCCC(=C)C(C)(C)C)c1N)SC. The molecule has 0 bridgehead atoms. The third-order valence-corrected chi connectivity index (χ3v) is 6.18. The van der Waals surface area contributed by atoms with E-state index < -0.39 is 11.6 Å². The van der Waals surface area contributed by atoms with Gasteiger partial charge in [0.15, 0.2) is 11.6 Å². The number of thioether (sulfide) groups is 1. The molecule has 0 saturated heterocycles. The second-order valence-corrected chi connectivity index (χ2v) is 9.90. The molecule has 0 aliphatic rings. The van der Waals surface area contributed by atoms with Crippen LogP contribution in [-0.2, 0) is 6.42 Å². The summed E-state index contributed by atoms with van der Waals surface area (Å²) in [6.07, 6.45) is 6.41. The predicted octanol–water partition coefficient (Wildman–Crippen LogP) is 7.47. The van der Waals surface area contributed by atoms with Gasteiger partial charge in [-0.1, -0.05) is 59.4 Å². The molecule has 0 saturated carbocycles. The van der Waals surface area contributed by atoms with Gasteiger partial charge in [-0.15, -0.1) is 11.8 Å². The molecule has 1 rings (SSSR count). The van der Waals surface area contributed by atoms with E-state index in [-0.39, 0.29) is 22.0 Å². The maximum absolute atomic E-state index is 14.6. The van der Waals surface area contributed by atoms with E-state index in [1.165, 1.54) is 6.07 Å². The van der Waals surface area contributed by atoms with Crippen LogP contribution >= 0.6 is 11.8 Å². The summed E-state index contributed by atoms with van der Waals surface area (Å²) in [6.45, 7) is 20.6. The lowest BCUT2D eigenvalue weighted by Crippen LogP contribution is -2.27. The van der Waals surface area contributed by atoms with Gasteiger partial charge in [0.05, 0.1) is 5.37 Å². The van der Waals surface area contributed by atoms with Crippen LogP contribution in [0.3, 0.4) is 0 Å². The van der Waals surface area contributed by atoms with Crippen molar-refractivity contribution in [1.29, 1.82) is 0 Å². The average Bonchev–Trinajstić information content (AvgIpc) is 2.64. The van der Waals surface area contributed by atoms with Gasteiger partial charge in [-0.3, -0.25) is 0 Å². The lowest BCUT2D eigenvalue weighted by atomic mass is 9.84. The number of nitrogen functional groups attached to an aromatic ring is 1. The number of nitrogens with two attached hydrogens (primary N) is 1. The molecule has 1 atom stereocenters. The third-order valence-electron chi connectivity index (χ3n) is 5.32. The minimum atomic E-state index is -0.917. The van der Waals surface area contributed by atoms with Gasteiger partial charge in [0, 0.05) is 23.4 Å². The monoisotopic (exact) mass is 436 g/mol. The highest BCUT2D eigenvalue weighted by molar-refractivity contribution is 7.99. The van der Waals surface area contributed by atoms with Crippen LogP contribution in [0.25, 0.3) is 5.57 Å². The zero-order chi connectivity index (χ0) is 23.1. The molecule has 1 aromatic rings. The summed E-state index contributed by atoms with van der Waals surface area (Å²) in [4.78, 5) is 0. The fraction of sp³-hybridized carbons (Fsp3) is 0.520. The third kappa shape index (κ3) is 7.50. The van der Waals surface area contributed by atoms with Gasteiger partial charge in [-0.05, 0) is 54.6 Å². The number of rotatable bonds is 12. The molecule has 5 heteroatoms. The van der Waals surface area contributed by atoms with E-state index in [4.69, 9.17) is 5.73 Å². The van der Waals surface area contributed by atoms with Crippen LogP contribution in [0.1, 0.15) is 70.9 Å². The molecule has 0 fully saturated rings. The lowest BCUT2D eigenvalue weighted by molar-refractivity contribution is 0.480. The number of hydrogen-bond acceptors (Lipinski definition) is 3. The quantitative estimate of drug-likeness (QED) is 0.203. The van der Waals surface area contributed by atoms with E-state index in [1.54, 1.807) is 11.8 Å². The van der Waals surface area contributed by atoms with Crippen LogP contribution in [-0.4, -0.2) is 11.6 Å². The summed E-state index contributed by atoms with van der Waals surface area (Å²) in [5, 5.41) is 3.33. The molecule has 0 aliphatic heterocycles. The molecule has 1 unspecified atom stereocenters. The Balaban J connectivity index is 3.00. The minimum absolute atomic E-state index is 0.0209. The average molecular weight is 437 g/mol. The van der Waals surface area contributed by atoms with Gasteiger partial charge in [-0.25, -0.2) is 8.78 Å². The summed E-state index contributed by atoms with van der Waals surface area (Å²) < 4.78 is 29.0. The van der Waals surface area contributed by atoms with Crippen molar-refractivity contribution in [3.8, 4) is 0 Å². The second kappa shape index (κ2) is 11.6. The van der Waals surface area contributed by atoms with Crippen molar-refractivity contribution in [2.24, 2.45) is 5.41 Å². The van der Waals surface area contributed by atoms with E-state index in [0.717, 1.165) is 37.0 Å². The van der Waals surface area contributed by atoms with Crippen LogP contribution in [0.2, 0.25) is 0 Å². The first kappa shape index (κ1) is 26.3. The Morgan fingerprint density at radius 3 is 2.33 bits per heavy atom. The van der Waals surface area contributed by atoms with Crippen LogP contribution in [0.5, 0.6) is 0 Å². The van der Waals surface area contributed by atoms with Crippen LogP contribution in [0.4, 0.5) is 14.5 Å². The zero-order valence-corrected chi connectivity index (χ0v) is 20.1. The van der Waals surface area contributed by atoms with Crippen molar-refractivity contribution < 1.29 is 8.78 Å². The molecule has 0 radical (unpaired) electrons. The van der Waals surface area contributed by atoms with Gasteiger partial charge >= 0.3 is 0 Å². The van der Waals surface area contributed by atoms with E-state index in [0.29, 0.717) is 24.0 Å². The van der Waals surface area contributed by atoms with E-state index in [1.807, 2.05) is 6.26 Å². The molecule has 0 aromatic heterocycles. The van der Waals surface area contributed by atoms with Gasteiger partial charge in [0.25, 0.3) is 0 Å². The van der Waals surface area contributed by atoms with Gasteiger partial charge in [-0.2, -0.15) is 0 Å². The maximum atomic E-state index is 14.6. The van der Waals surface area contributed by atoms with Crippen LogP contribution < -0.4 is 11.1 Å². The number of halogens is 2. The van der Waals surface area contributed by atoms with Crippen molar-refractivity contribution >= 4 is 23.0 Å². The number of nitrogens with one attached hydrogen (secondary N) is 1. The molecule has 30 heavy (non-hydrogen) atoms. The number of benzene rings is 1. The summed E-state index contributed by atoms with van der Waals surface area (Å²) in [5.41, 5.74) is 9.88. The fourth-order valence-electron chi connectivity index (χ4n) is 3.22. The topological polar surface area (TPSA) is 38.0 Å². The Morgan fingerprint density at radius 1 is 1.17 bits per heavy atom. The van der Waals surface area contributed by atoms with Crippen molar-refractivity contribution in [3.63, 3.8) is 0 Å². The molecule has 0 amide bonds. The number of hydrogen-bond donors (Lipinski definition) is 2. The summed E-state index contributed by atoms with van der Waals surface area (Å²) in [6, 6.07) is 1.20. The molecule has 1 aromatic carbocycles. The normalized spacial score (nSPS) is 12.5. The van der Waals surface area contributed by atoms with E-state index >= 15 is 0 Å². The molecule has 2 nitrogen and oxygen atoms in total. The molecular weight excluding hydrogens is 398 g/mol. The summed E-state index contributed by atoms with van der Waals surface area (Å²) in [7, 11) is 0. The second-order valence-electron chi connectivity index (χ2n) is 8.86. The Hall–Kier alpha value is -1.75. The van der Waals surface area contributed by atoms with Crippen molar-refractivity contribution in [2.45, 2.75) is 71.6 Å². The largest absolute Gasteiger partial charge is 0.398 e. The fourth-order valence-corrected chi connectivity index (χ4v) is 3.85.